The first-order valence-electron chi connectivity index (χ1n) is 5.90. The van der Waals surface area contributed by atoms with Crippen LogP contribution < -0.4 is 10.1 Å². The van der Waals surface area contributed by atoms with Gasteiger partial charge in [0.1, 0.15) is 5.75 Å². The molecule has 2 rings (SSSR count). The number of aromatic nitrogens is 1. The molecule has 6 heteroatoms. The Balaban J connectivity index is 2.02. The number of hydrogen-bond acceptors (Lipinski definition) is 2. The number of hydrogen-bond donors (Lipinski definition) is 1. The second kappa shape index (κ2) is 5.52. The van der Waals surface area contributed by atoms with Crippen LogP contribution in [-0.2, 0) is 6.54 Å². The summed E-state index contributed by atoms with van der Waals surface area (Å²) in [5, 5.41) is 3.34. The average molecular weight is 272 g/mol. The summed E-state index contributed by atoms with van der Waals surface area (Å²) in [7, 11) is 1.59. The van der Waals surface area contributed by atoms with Crippen molar-refractivity contribution in [2.45, 2.75) is 12.7 Å². The predicted molar refractivity (Wildman–Crippen MR) is 67.4 cm³/mol. The van der Waals surface area contributed by atoms with Gasteiger partial charge in [0.25, 0.3) is 0 Å². The van der Waals surface area contributed by atoms with Crippen LogP contribution in [-0.4, -0.2) is 30.9 Å². The van der Waals surface area contributed by atoms with E-state index in [9.17, 15) is 13.2 Å². The number of methoxy groups -OCH3 is 1. The number of nitrogens with one attached hydrogen (secondary N) is 1. The van der Waals surface area contributed by atoms with E-state index in [0.717, 1.165) is 16.7 Å². The van der Waals surface area contributed by atoms with Gasteiger partial charge in [0.15, 0.2) is 0 Å². The van der Waals surface area contributed by atoms with Gasteiger partial charge in [-0.2, -0.15) is 13.2 Å². The van der Waals surface area contributed by atoms with Crippen LogP contribution in [0.4, 0.5) is 13.2 Å². The molecular formula is C13H15F3N2O. The third-order valence-electron chi connectivity index (χ3n) is 2.85. The molecule has 0 aliphatic carbocycles. The maximum absolute atomic E-state index is 12.0. The number of ether oxygens (including phenoxy) is 1. The van der Waals surface area contributed by atoms with Gasteiger partial charge in [-0.05, 0) is 18.2 Å². The molecule has 0 fully saturated rings. The van der Waals surface area contributed by atoms with Gasteiger partial charge >= 0.3 is 6.18 Å². The second-order valence-corrected chi connectivity index (χ2v) is 4.19. The number of nitrogens with zero attached hydrogens (tertiary/aromatic N) is 1. The Morgan fingerprint density at radius 1 is 1.26 bits per heavy atom. The van der Waals surface area contributed by atoms with Crippen LogP contribution >= 0.6 is 0 Å². The van der Waals surface area contributed by atoms with E-state index < -0.39 is 12.7 Å². The molecule has 0 spiro atoms. The summed E-state index contributed by atoms with van der Waals surface area (Å²) in [6, 6.07) is 7.54. The molecule has 0 atom stereocenters. The van der Waals surface area contributed by atoms with Crippen molar-refractivity contribution in [1.29, 1.82) is 0 Å². The summed E-state index contributed by atoms with van der Waals surface area (Å²) in [6.07, 6.45) is -2.32. The summed E-state index contributed by atoms with van der Waals surface area (Å²) in [6.45, 7) is -0.219. The molecule has 0 bridgehead atoms. The van der Waals surface area contributed by atoms with Crippen LogP contribution in [0.1, 0.15) is 0 Å². The topological polar surface area (TPSA) is 26.2 Å². The molecule has 2 aromatic rings. The summed E-state index contributed by atoms with van der Waals surface area (Å²) in [5.41, 5.74) is 0.952. The molecule has 0 radical (unpaired) electrons. The molecule has 19 heavy (non-hydrogen) atoms. The van der Waals surface area contributed by atoms with E-state index in [0.29, 0.717) is 6.54 Å². The van der Waals surface area contributed by atoms with E-state index in [1.54, 1.807) is 7.11 Å². The lowest BCUT2D eigenvalue weighted by Gasteiger charge is -2.10. The molecule has 0 saturated carbocycles. The highest BCUT2D eigenvalue weighted by Gasteiger charge is 2.25. The molecule has 0 aliphatic heterocycles. The van der Waals surface area contributed by atoms with E-state index in [1.807, 2.05) is 35.0 Å². The lowest BCUT2D eigenvalue weighted by molar-refractivity contribution is -0.124. The first kappa shape index (κ1) is 13.7. The minimum absolute atomic E-state index is 0.264. The quantitative estimate of drug-likeness (QED) is 0.847. The lowest BCUT2D eigenvalue weighted by Crippen LogP contribution is -2.31. The fourth-order valence-corrected chi connectivity index (χ4v) is 2.00. The average Bonchev–Trinajstić information content (AvgIpc) is 2.76. The monoisotopic (exact) mass is 272 g/mol. The maximum Gasteiger partial charge on any atom is 0.401 e. The first-order chi connectivity index (χ1) is 9.01. The Morgan fingerprint density at radius 2 is 2.05 bits per heavy atom. The number of fused-ring (bicyclic) bond motifs is 1. The SMILES string of the molecule is COc1cccc2c1ccn2CCNCC(F)(F)F. The zero-order chi connectivity index (χ0) is 13.9. The summed E-state index contributed by atoms with van der Waals surface area (Å²) < 4.78 is 43.1. The maximum atomic E-state index is 12.0. The zero-order valence-corrected chi connectivity index (χ0v) is 10.5. The van der Waals surface area contributed by atoms with Crippen molar-refractivity contribution in [3.8, 4) is 5.75 Å². The molecule has 1 heterocycles. The molecule has 104 valence electrons. The van der Waals surface area contributed by atoms with Gasteiger partial charge in [-0.1, -0.05) is 6.07 Å². The first-order valence-corrected chi connectivity index (χ1v) is 5.90. The van der Waals surface area contributed by atoms with Gasteiger partial charge < -0.3 is 14.6 Å². The molecule has 0 unspecified atom stereocenters. The van der Waals surface area contributed by atoms with Crippen molar-refractivity contribution in [2.75, 3.05) is 20.2 Å². The minimum atomic E-state index is -4.16. The summed E-state index contributed by atoms with van der Waals surface area (Å²) in [4.78, 5) is 0. The smallest absolute Gasteiger partial charge is 0.401 e. The van der Waals surface area contributed by atoms with Crippen LogP contribution in [0, 0.1) is 0 Å². The fraction of sp³-hybridized carbons (Fsp3) is 0.385. The van der Waals surface area contributed by atoms with Gasteiger partial charge in [0, 0.05) is 24.7 Å². The van der Waals surface area contributed by atoms with E-state index in [4.69, 9.17) is 4.74 Å². The molecule has 0 saturated heterocycles. The van der Waals surface area contributed by atoms with E-state index in [-0.39, 0.29) is 6.54 Å². The number of halogens is 3. The Kier molecular flexibility index (Phi) is 3.99. The second-order valence-electron chi connectivity index (χ2n) is 4.19. The molecule has 3 nitrogen and oxygen atoms in total. The van der Waals surface area contributed by atoms with Crippen molar-refractivity contribution in [2.24, 2.45) is 0 Å². The number of rotatable bonds is 5. The Bertz CT molecular complexity index is 548. The van der Waals surface area contributed by atoms with Gasteiger partial charge in [0.2, 0.25) is 0 Å². The minimum Gasteiger partial charge on any atom is -0.496 e. The van der Waals surface area contributed by atoms with Crippen molar-refractivity contribution in [3.63, 3.8) is 0 Å². The fourth-order valence-electron chi connectivity index (χ4n) is 2.00. The summed E-state index contributed by atoms with van der Waals surface area (Å²) in [5.74, 6) is 0.763. The van der Waals surface area contributed by atoms with E-state index >= 15 is 0 Å². The van der Waals surface area contributed by atoms with Gasteiger partial charge in [-0.3, -0.25) is 0 Å². The van der Waals surface area contributed by atoms with Crippen molar-refractivity contribution >= 4 is 10.9 Å². The number of benzene rings is 1. The van der Waals surface area contributed by atoms with Crippen molar-refractivity contribution in [1.82, 2.24) is 9.88 Å². The Morgan fingerprint density at radius 3 is 2.74 bits per heavy atom. The molecule has 1 aromatic heterocycles. The predicted octanol–water partition coefficient (Wildman–Crippen LogP) is 2.80. The molecular weight excluding hydrogens is 257 g/mol. The zero-order valence-electron chi connectivity index (χ0n) is 10.5. The third-order valence-corrected chi connectivity index (χ3v) is 2.85. The van der Waals surface area contributed by atoms with Gasteiger partial charge in [0.05, 0.1) is 19.2 Å². The molecule has 0 aliphatic rings. The van der Waals surface area contributed by atoms with Crippen LogP contribution in [0.5, 0.6) is 5.75 Å². The van der Waals surface area contributed by atoms with Crippen molar-refractivity contribution in [3.05, 3.63) is 30.5 Å². The highest BCUT2D eigenvalue weighted by atomic mass is 19.4. The standard InChI is InChI=1S/C13H15F3N2O/c1-19-12-4-2-3-11-10(12)5-7-18(11)8-6-17-9-13(14,15)16/h2-5,7,17H,6,8-9H2,1H3. The largest absolute Gasteiger partial charge is 0.496 e. The highest BCUT2D eigenvalue weighted by Crippen LogP contribution is 2.25. The van der Waals surface area contributed by atoms with Crippen molar-refractivity contribution < 1.29 is 17.9 Å². The Hall–Kier alpha value is -1.69. The molecule has 0 amide bonds. The van der Waals surface area contributed by atoms with E-state index in [1.165, 1.54) is 0 Å². The summed E-state index contributed by atoms with van der Waals surface area (Å²) >= 11 is 0. The van der Waals surface area contributed by atoms with Crippen LogP contribution in [0.2, 0.25) is 0 Å². The molecule has 1 aromatic carbocycles. The van der Waals surface area contributed by atoms with Gasteiger partial charge in [-0.15, -0.1) is 0 Å². The lowest BCUT2D eigenvalue weighted by atomic mass is 10.2. The van der Waals surface area contributed by atoms with Gasteiger partial charge in [-0.25, -0.2) is 0 Å². The molecule has 1 N–H and O–H groups in total. The normalized spacial score (nSPS) is 12.0. The van der Waals surface area contributed by atoms with Crippen LogP contribution in [0.3, 0.4) is 0 Å². The third kappa shape index (κ3) is 3.41. The highest BCUT2D eigenvalue weighted by molar-refractivity contribution is 5.86. The van der Waals surface area contributed by atoms with E-state index in [2.05, 4.69) is 5.32 Å². The van der Waals surface area contributed by atoms with Crippen LogP contribution in [0.15, 0.2) is 30.5 Å². The Labute approximate surface area is 109 Å². The van der Waals surface area contributed by atoms with Crippen LogP contribution in [0.25, 0.3) is 10.9 Å². The number of alkyl halides is 3.